The molecule has 1 aromatic rings. The van der Waals surface area contributed by atoms with Crippen LogP contribution < -0.4 is 10.6 Å². The molecule has 0 bridgehead atoms. The van der Waals surface area contributed by atoms with E-state index in [1.54, 1.807) is 12.1 Å². The zero-order valence-electron chi connectivity index (χ0n) is 12.2. The standard InChI is InChI=1S/C16H23FN2O/c1-11(2)16(13-3-5-14(17)6-4-13)19-15(20)9-12-7-8-18-10-12/h3-6,11-12,16,18H,7-10H2,1-2H3,(H,19,20). The van der Waals surface area contributed by atoms with Gasteiger partial charge in [-0.15, -0.1) is 0 Å². The van der Waals surface area contributed by atoms with Crippen LogP contribution in [0.25, 0.3) is 0 Å². The van der Waals surface area contributed by atoms with Gasteiger partial charge < -0.3 is 10.6 Å². The van der Waals surface area contributed by atoms with Crippen LogP contribution in [0.2, 0.25) is 0 Å². The highest BCUT2D eigenvalue weighted by molar-refractivity contribution is 5.76. The average Bonchev–Trinajstić information content (AvgIpc) is 2.90. The number of benzene rings is 1. The minimum absolute atomic E-state index is 0.0579. The molecule has 2 N–H and O–H groups in total. The van der Waals surface area contributed by atoms with Crippen LogP contribution in [0.5, 0.6) is 0 Å². The molecule has 1 aliphatic rings. The predicted octanol–water partition coefficient (Wildman–Crippen LogP) is 2.64. The van der Waals surface area contributed by atoms with Crippen molar-refractivity contribution in [1.29, 1.82) is 0 Å². The summed E-state index contributed by atoms with van der Waals surface area (Å²) >= 11 is 0. The lowest BCUT2D eigenvalue weighted by Crippen LogP contribution is -2.33. The van der Waals surface area contributed by atoms with Crippen molar-refractivity contribution in [1.82, 2.24) is 10.6 Å². The van der Waals surface area contributed by atoms with Gasteiger partial charge in [0, 0.05) is 6.42 Å². The lowest BCUT2D eigenvalue weighted by Gasteiger charge is -2.23. The molecule has 0 saturated carbocycles. The van der Waals surface area contributed by atoms with Crippen LogP contribution in [-0.4, -0.2) is 19.0 Å². The Balaban J connectivity index is 1.98. The summed E-state index contributed by atoms with van der Waals surface area (Å²) in [6.45, 7) is 6.05. The minimum atomic E-state index is -0.250. The maximum Gasteiger partial charge on any atom is 0.220 e. The number of amides is 1. The summed E-state index contributed by atoms with van der Waals surface area (Å²) in [6, 6.07) is 6.32. The SMILES string of the molecule is CC(C)C(NC(=O)CC1CCNC1)c1ccc(F)cc1. The first-order valence-corrected chi connectivity index (χ1v) is 7.32. The molecule has 4 heteroatoms. The van der Waals surface area contributed by atoms with Crippen molar-refractivity contribution in [2.75, 3.05) is 13.1 Å². The van der Waals surface area contributed by atoms with E-state index in [1.807, 2.05) is 0 Å². The summed E-state index contributed by atoms with van der Waals surface area (Å²) in [4.78, 5) is 12.1. The number of hydrogen-bond donors (Lipinski definition) is 2. The van der Waals surface area contributed by atoms with E-state index in [0.717, 1.165) is 25.1 Å². The molecule has 1 aromatic carbocycles. The van der Waals surface area contributed by atoms with Gasteiger partial charge in [0.15, 0.2) is 0 Å². The van der Waals surface area contributed by atoms with Gasteiger partial charge in [0.2, 0.25) is 5.91 Å². The van der Waals surface area contributed by atoms with Crippen molar-refractivity contribution < 1.29 is 9.18 Å². The van der Waals surface area contributed by atoms with E-state index in [0.29, 0.717) is 12.3 Å². The number of halogens is 1. The molecule has 0 aliphatic carbocycles. The average molecular weight is 278 g/mol. The molecular weight excluding hydrogens is 255 g/mol. The molecule has 3 nitrogen and oxygen atoms in total. The third kappa shape index (κ3) is 4.04. The molecule has 110 valence electrons. The highest BCUT2D eigenvalue weighted by Gasteiger charge is 2.22. The molecule has 0 aromatic heterocycles. The molecule has 1 saturated heterocycles. The number of nitrogens with one attached hydrogen (secondary N) is 2. The van der Waals surface area contributed by atoms with Crippen LogP contribution in [0.4, 0.5) is 4.39 Å². The van der Waals surface area contributed by atoms with Crippen LogP contribution in [0.15, 0.2) is 24.3 Å². The highest BCUT2D eigenvalue weighted by atomic mass is 19.1. The van der Waals surface area contributed by atoms with E-state index < -0.39 is 0 Å². The first-order valence-electron chi connectivity index (χ1n) is 7.32. The molecule has 1 fully saturated rings. The lowest BCUT2D eigenvalue weighted by atomic mass is 9.95. The zero-order chi connectivity index (χ0) is 14.5. The zero-order valence-corrected chi connectivity index (χ0v) is 12.2. The molecular formula is C16H23FN2O. The van der Waals surface area contributed by atoms with Crippen molar-refractivity contribution in [2.24, 2.45) is 11.8 Å². The van der Waals surface area contributed by atoms with E-state index in [1.165, 1.54) is 12.1 Å². The first-order chi connectivity index (χ1) is 9.56. The van der Waals surface area contributed by atoms with Crippen LogP contribution in [0.3, 0.4) is 0 Å². The van der Waals surface area contributed by atoms with Gasteiger partial charge in [-0.2, -0.15) is 0 Å². The van der Waals surface area contributed by atoms with Gasteiger partial charge in [-0.3, -0.25) is 4.79 Å². The maximum absolute atomic E-state index is 13.0. The predicted molar refractivity (Wildman–Crippen MR) is 77.7 cm³/mol. The van der Waals surface area contributed by atoms with Crippen LogP contribution in [0.1, 0.15) is 38.3 Å². The van der Waals surface area contributed by atoms with Gasteiger partial charge in [-0.25, -0.2) is 4.39 Å². The largest absolute Gasteiger partial charge is 0.349 e. The van der Waals surface area contributed by atoms with E-state index >= 15 is 0 Å². The normalized spacial score (nSPS) is 20.1. The van der Waals surface area contributed by atoms with Crippen molar-refractivity contribution in [2.45, 2.75) is 32.7 Å². The lowest BCUT2D eigenvalue weighted by molar-refractivity contribution is -0.123. The highest BCUT2D eigenvalue weighted by Crippen LogP contribution is 2.23. The monoisotopic (exact) mass is 278 g/mol. The molecule has 1 heterocycles. The molecule has 2 atom stereocenters. The Morgan fingerprint density at radius 2 is 2.10 bits per heavy atom. The Kier molecular flexibility index (Phi) is 5.12. The topological polar surface area (TPSA) is 41.1 Å². The summed E-state index contributed by atoms with van der Waals surface area (Å²) < 4.78 is 13.0. The smallest absolute Gasteiger partial charge is 0.220 e. The molecule has 1 aliphatic heterocycles. The second kappa shape index (κ2) is 6.84. The molecule has 2 rings (SSSR count). The number of hydrogen-bond acceptors (Lipinski definition) is 2. The second-order valence-electron chi connectivity index (χ2n) is 5.90. The van der Waals surface area contributed by atoms with Crippen molar-refractivity contribution in [3.8, 4) is 0 Å². The molecule has 0 spiro atoms. The van der Waals surface area contributed by atoms with Crippen LogP contribution in [-0.2, 0) is 4.79 Å². The van der Waals surface area contributed by atoms with Gasteiger partial charge >= 0.3 is 0 Å². The Morgan fingerprint density at radius 3 is 2.65 bits per heavy atom. The van der Waals surface area contributed by atoms with Gasteiger partial charge in [-0.1, -0.05) is 26.0 Å². The summed E-state index contributed by atoms with van der Waals surface area (Å²) in [5.74, 6) is 0.545. The fourth-order valence-corrected chi connectivity index (χ4v) is 2.69. The van der Waals surface area contributed by atoms with Crippen LogP contribution >= 0.6 is 0 Å². The van der Waals surface area contributed by atoms with E-state index in [-0.39, 0.29) is 23.7 Å². The summed E-state index contributed by atoms with van der Waals surface area (Å²) in [7, 11) is 0. The fourth-order valence-electron chi connectivity index (χ4n) is 2.69. The van der Waals surface area contributed by atoms with E-state index in [2.05, 4.69) is 24.5 Å². The fraction of sp³-hybridized carbons (Fsp3) is 0.562. The van der Waals surface area contributed by atoms with Crippen molar-refractivity contribution >= 4 is 5.91 Å². The first kappa shape index (κ1) is 15.0. The van der Waals surface area contributed by atoms with E-state index in [9.17, 15) is 9.18 Å². The van der Waals surface area contributed by atoms with Gasteiger partial charge in [0.1, 0.15) is 5.82 Å². The third-order valence-corrected chi connectivity index (χ3v) is 3.85. The summed E-state index contributed by atoms with van der Waals surface area (Å²) in [5.41, 5.74) is 0.958. The third-order valence-electron chi connectivity index (χ3n) is 3.85. The Morgan fingerprint density at radius 1 is 1.40 bits per heavy atom. The molecule has 2 unspecified atom stereocenters. The number of rotatable bonds is 5. The van der Waals surface area contributed by atoms with Crippen molar-refractivity contribution in [3.05, 3.63) is 35.6 Å². The Hall–Kier alpha value is -1.42. The van der Waals surface area contributed by atoms with Crippen LogP contribution in [0, 0.1) is 17.7 Å². The van der Waals surface area contributed by atoms with Gasteiger partial charge in [0.05, 0.1) is 6.04 Å². The Bertz CT molecular complexity index is 438. The van der Waals surface area contributed by atoms with Crippen molar-refractivity contribution in [3.63, 3.8) is 0 Å². The summed E-state index contributed by atoms with van der Waals surface area (Å²) in [6.07, 6.45) is 1.63. The maximum atomic E-state index is 13.0. The minimum Gasteiger partial charge on any atom is -0.349 e. The number of carbonyl (C=O) groups excluding carboxylic acids is 1. The summed E-state index contributed by atoms with van der Waals surface area (Å²) in [5, 5.41) is 6.36. The molecule has 20 heavy (non-hydrogen) atoms. The Labute approximate surface area is 120 Å². The molecule has 1 amide bonds. The van der Waals surface area contributed by atoms with Gasteiger partial charge in [0.25, 0.3) is 0 Å². The quantitative estimate of drug-likeness (QED) is 0.869. The van der Waals surface area contributed by atoms with E-state index in [4.69, 9.17) is 0 Å². The second-order valence-corrected chi connectivity index (χ2v) is 5.90. The molecule has 0 radical (unpaired) electrons. The van der Waals surface area contributed by atoms with Gasteiger partial charge in [-0.05, 0) is 49.0 Å². The number of carbonyl (C=O) groups is 1.